The van der Waals surface area contributed by atoms with E-state index in [1.807, 2.05) is 30.3 Å². The molecule has 0 aliphatic carbocycles. The monoisotopic (exact) mass is 529 g/mol. The lowest BCUT2D eigenvalue weighted by Crippen LogP contribution is -2.45. The zero-order valence-corrected chi connectivity index (χ0v) is 22.3. The summed E-state index contributed by atoms with van der Waals surface area (Å²) >= 11 is 0. The highest BCUT2D eigenvalue weighted by atomic mass is 16.3. The maximum atomic E-state index is 6.21. The number of hydrogen-bond donors (Lipinski definition) is 2. The van der Waals surface area contributed by atoms with Gasteiger partial charge in [0.15, 0.2) is 0 Å². The second kappa shape index (κ2) is 9.77. The fraction of sp³-hybridized carbons (Fsp3) is 0.0541. The summed E-state index contributed by atoms with van der Waals surface area (Å²) in [5.74, 6) is 0.844. The molecule has 0 spiro atoms. The van der Waals surface area contributed by atoms with Gasteiger partial charge in [0.25, 0.3) is 0 Å². The Kier molecular flexibility index (Phi) is 5.64. The molecule has 0 fully saturated rings. The van der Waals surface area contributed by atoms with Crippen molar-refractivity contribution < 1.29 is 4.42 Å². The van der Waals surface area contributed by atoms with E-state index in [0.29, 0.717) is 0 Å². The lowest BCUT2D eigenvalue weighted by Gasteiger charge is -2.32. The van der Waals surface area contributed by atoms with Crippen molar-refractivity contribution in [2.75, 3.05) is 0 Å². The van der Waals surface area contributed by atoms with Crippen LogP contribution in [0.2, 0.25) is 0 Å². The molecule has 1 aliphatic heterocycles. The highest BCUT2D eigenvalue weighted by molar-refractivity contribution is 6.18. The predicted molar refractivity (Wildman–Crippen MR) is 168 cm³/mol. The molecule has 196 valence electrons. The molecular weight excluding hydrogens is 502 g/mol. The van der Waals surface area contributed by atoms with E-state index in [0.717, 1.165) is 44.5 Å². The van der Waals surface area contributed by atoms with E-state index in [1.54, 1.807) is 0 Å². The Morgan fingerprint density at radius 3 is 2.15 bits per heavy atom. The minimum Gasteiger partial charge on any atom is -0.456 e. The molecule has 2 N–H and O–H groups in total. The van der Waals surface area contributed by atoms with Crippen LogP contribution in [-0.4, -0.2) is 5.84 Å². The van der Waals surface area contributed by atoms with Crippen molar-refractivity contribution in [3.8, 4) is 11.1 Å². The third-order valence-corrected chi connectivity index (χ3v) is 7.96. The first-order chi connectivity index (χ1) is 20.3. The van der Waals surface area contributed by atoms with Crippen LogP contribution in [0.25, 0.3) is 43.8 Å². The van der Waals surface area contributed by atoms with Gasteiger partial charge in [-0.1, -0.05) is 121 Å². The van der Waals surface area contributed by atoms with Crippen molar-refractivity contribution >= 4 is 38.5 Å². The highest BCUT2D eigenvalue weighted by Gasteiger charge is 2.27. The number of nitrogens with one attached hydrogen (secondary N) is 2. The molecular formula is C37H27N3O. The lowest BCUT2D eigenvalue weighted by atomic mass is 10.00. The smallest absolute Gasteiger partial charge is 0.136 e. The molecule has 4 nitrogen and oxygen atoms in total. The van der Waals surface area contributed by atoms with Crippen molar-refractivity contribution in [2.24, 2.45) is 4.99 Å². The van der Waals surface area contributed by atoms with Crippen LogP contribution in [0, 0.1) is 0 Å². The van der Waals surface area contributed by atoms with Gasteiger partial charge in [0.2, 0.25) is 0 Å². The van der Waals surface area contributed by atoms with Crippen molar-refractivity contribution in [1.82, 2.24) is 10.6 Å². The van der Waals surface area contributed by atoms with Gasteiger partial charge in [-0.2, -0.15) is 0 Å². The number of para-hydroxylation sites is 1. The van der Waals surface area contributed by atoms with E-state index in [2.05, 4.69) is 120 Å². The summed E-state index contributed by atoms with van der Waals surface area (Å²) in [5, 5.41) is 12.1. The number of hydrogen-bond acceptors (Lipinski definition) is 4. The fourth-order valence-corrected chi connectivity index (χ4v) is 5.89. The van der Waals surface area contributed by atoms with Crippen molar-refractivity contribution in [3.05, 3.63) is 156 Å². The second-order valence-electron chi connectivity index (χ2n) is 10.5. The van der Waals surface area contributed by atoms with Crippen LogP contribution in [0.3, 0.4) is 0 Å². The van der Waals surface area contributed by atoms with Gasteiger partial charge in [0.1, 0.15) is 29.3 Å². The summed E-state index contributed by atoms with van der Waals surface area (Å²) in [6.45, 7) is 0. The van der Waals surface area contributed by atoms with Gasteiger partial charge in [-0.3, -0.25) is 5.32 Å². The quantitative estimate of drug-likeness (QED) is 0.240. The number of amidine groups is 1. The number of fused-ring (bicyclic) bond motifs is 4. The van der Waals surface area contributed by atoms with Crippen molar-refractivity contribution in [1.29, 1.82) is 0 Å². The van der Waals surface area contributed by atoms with Gasteiger partial charge in [-0.25, -0.2) is 4.99 Å². The van der Waals surface area contributed by atoms with Crippen LogP contribution in [0.4, 0.5) is 0 Å². The molecule has 4 heteroatoms. The van der Waals surface area contributed by atoms with Gasteiger partial charge in [-0.05, 0) is 51.2 Å². The second-order valence-corrected chi connectivity index (χ2v) is 10.5. The van der Waals surface area contributed by atoms with E-state index in [-0.39, 0.29) is 12.3 Å². The molecule has 2 atom stereocenters. The van der Waals surface area contributed by atoms with E-state index in [4.69, 9.17) is 9.41 Å². The normalized spacial score (nSPS) is 17.0. The van der Waals surface area contributed by atoms with Crippen molar-refractivity contribution in [3.63, 3.8) is 0 Å². The average Bonchev–Trinajstić information content (AvgIpc) is 3.44. The van der Waals surface area contributed by atoms with Crippen LogP contribution in [0.1, 0.15) is 29.0 Å². The third-order valence-electron chi connectivity index (χ3n) is 7.96. The summed E-state index contributed by atoms with van der Waals surface area (Å²) in [4.78, 5) is 5.26. The molecule has 0 amide bonds. The molecule has 0 saturated carbocycles. The molecule has 6 aromatic carbocycles. The van der Waals surface area contributed by atoms with Crippen LogP contribution < -0.4 is 10.6 Å². The van der Waals surface area contributed by atoms with E-state index in [9.17, 15) is 0 Å². The first kappa shape index (κ1) is 23.7. The van der Waals surface area contributed by atoms with E-state index >= 15 is 0 Å². The standard InChI is InChI=1S/C37H27N3O/c1-2-9-24(10-3-1)26-17-20-27(21-18-26)35-38-36(29-22-19-25-11-4-5-12-28(25)23-29)40-37(39-35)31-14-8-16-33-34(31)30-13-6-7-15-32(30)41-33/h1-23,35-36,38H,(H,39,40). The maximum Gasteiger partial charge on any atom is 0.136 e. The minimum atomic E-state index is -0.233. The molecule has 41 heavy (non-hydrogen) atoms. The SMILES string of the molecule is c1ccc(-c2ccc(C3NC(c4cccc5oc6ccccc6c45)=NC(c4ccc5ccccc5c4)N3)cc2)cc1. The van der Waals surface area contributed by atoms with Gasteiger partial charge >= 0.3 is 0 Å². The maximum absolute atomic E-state index is 6.21. The lowest BCUT2D eigenvalue weighted by molar-refractivity contribution is 0.409. The van der Waals surface area contributed by atoms with Crippen LogP contribution in [0.5, 0.6) is 0 Å². The number of nitrogens with zero attached hydrogens (tertiary/aromatic N) is 1. The molecule has 2 unspecified atom stereocenters. The molecule has 1 aromatic heterocycles. The van der Waals surface area contributed by atoms with Gasteiger partial charge in [0, 0.05) is 16.3 Å². The van der Waals surface area contributed by atoms with Crippen LogP contribution in [-0.2, 0) is 0 Å². The number of benzene rings is 6. The Morgan fingerprint density at radius 1 is 0.561 bits per heavy atom. The Balaban J connectivity index is 1.25. The number of furan rings is 1. The van der Waals surface area contributed by atoms with E-state index in [1.165, 1.54) is 21.9 Å². The molecule has 0 bridgehead atoms. The van der Waals surface area contributed by atoms with Gasteiger partial charge in [-0.15, -0.1) is 0 Å². The topological polar surface area (TPSA) is 49.6 Å². The Bertz CT molecular complexity index is 2060. The minimum absolute atomic E-state index is 0.141. The van der Waals surface area contributed by atoms with Crippen molar-refractivity contribution in [2.45, 2.75) is 12.3 Å². The highest BCUT2D eigenvalue weighted by Crippen LogP contribution is 2.34. The summed E-state index contributed by atoms with van der Waals surface area (Å²) < 4.78 is 6.21. The predicted octanol–water partition coefficient (Wildman–Crippen LogP) is 8.74. The average molecular weight is 530 g/mol. The molecule has 0 saturated heterocycles. The molecule has 2 heterocycles. The zero-order valence-electron chi connectivity index (χ0n) is 22.3. The van der Waals surface area contributed by atoms with Gasteiger partial charge in [0.05, 0.1) is 0 Å². The first-order valence-corrected chi connectivity index (χ1v) is 14.0. The molecule has 7 aromatic rings. The molecule has 1 aliphatic rings. The van der Waals surface area contributed by atoms with Crippen LogP contribution in [0.15, 0.2) is 149 Å². The Morgan fingerprint density at radius 2 is 1.27 bits per heavy atom. The third kappa shape index (κ3) is 4.26. The summed E-state index contributed by atoms with van der Waals surface area (Å²) in [6.07, 6.45) is -0.375. The fourth-order valence-electron chi connectivity index (χ4n) is 5.89. The summed E-state index contributed by atoms with van der Waals surface area (Å²) in [7, 11) is 0. The number of rotatable bonds is 4. The zero-order chi connectivity index (χ0) is 27.2. The summed E-state index contributed by atoms with van der Waals surface area (Å²) in [6, 6.07) is 48.7. The summed E-state index contributed by atoms with van der Waals surface area (Å²) in [5.41, 5.74) is 7.44. The first-order valence-electron chi connectivity index (χ1n) is 14.0. The Hall–Kier alpha value is -5.19. The largest absolute Gasteiger partial charge is 0.456 e. The van der Waals surface area contributed by atoms with Crippen LogP contribution >= 0.6 is 0 Å². The molecule has 0 radical (unpaired) electrons. The van der Waals surface area contributed by atoms with E-state index < -0.39 is 0 Å². The van der Waals surface area contributed by atoms with Gasteiger partial charge < -0.3 is 9.73 Å². The number of aliphatic imine (C=N–C) groups is 1. The Labute approximate surface area is 238 Å². The molecule has 8 rings (SSSR count).